The van der Waals surface area contributed by atoms with Crippen LogP contribution < -0.4 is 4.46 Å². The van der Waals surface area contributed by atoms with Crippen LogP contribution in [0.25, 0.3) is 6.08 Å². The molecule has 1 aromatic rings. The van der Waals surface area contributed by atoms with Gasteiger partial charge < -0.3 is 0 Å². The molecule has 0 spiro atoms. The first-order chi connectivity index (χ1) is 9.34. The summed E-state index contributed by atoms with van der Waals surface area (Å²) in [6, 6.07) is 8.25. The van der Waals surface area contributed by atoms with E-state index in [2.05, 4.69) is 53.0 Å². The molecular formula is C18H23Se. The molecule has 0 amide bonds. The molecule has 0 saturated carbocycles. The van der Waals surface area contributed by atoms with E-state index >= 15 is 0 Å². The Hall–Kier alpha value is -0.961. The number of allylic oxidation sites excluding steroid dienone is 1. The maximum atomic E-state index is 3.22. The quantitative estimate of drug-likeness (QED) is 0.401. The Morgan fingerprint density at radius 3 is 2.58 bits per heavy atom. The van der Waals surface area contributed by atoms with Gasteiger partial charge >= 0.3 is 113 Å². The van der Waals surface area contributed by atoms with Gasteiger partial charge in [0.05, 0.1) is 0 Å². The van der Waals surface area contributed by atoms with Gasteiger partial charge in [0.25, 0.3) is 0 Å². The van der Waals surface area contributed by atoms with Gasteiger partial charge in [0.1, 0.15) is 0 Å². The van der Waals surface area contributed by atoms with E-state index < -0.39 is 0 Å². The summed E-state index contributed by atoms with van der Waals surface area (Å²) < 4.78 is 1.18. The fourth-order valence-corrected chi connectivity index (χ4v) is 2.32. The van der Waals surface area contributed by atoms with Gasteiger partial charge in [-0.05, 0) is 0 Å². The molecule has 0 unspecified atom stereocenters. The van der Waals surface area contributed by atoms with E-state index in [1.807, 2.05) is 18.2 Å². The van der Waals surface area contributed by atoms with Crippen LogP contribution in [-0.2, 0) is 0 Å². The molecule has 0 nitrogen and oxygen atoms in total. The SMILES string of the molecule is CCCCCCCCC#C/C=C\c1ccccc1[Se]. The van der Waals surface area contributed by atoms with Crippen molar-refractivity contribution in [3.63, 3.8) is 0 Å². The molecule has 1 radical (unpaired) electrons. The summed E-state index contributed by atoms with van der Waals surface area (Å²) >= 11 is 3.06. The van der Waals surface area contributed by atoms with Crippen molar-refractivity contribution >= 4 is 26.6 Å². The van der Waals surface area contributed by atoms with E-state index in [4.69, 9.17) is 0 Å². The van der Waals surface area contributed by atoms with E-state index in [-0.39, 0.29) is 0 Å². The average Bonchev–Trinajstić information content (AvgIpc) is 2.43. The summed E-state index contributed by atoms with van der Waals surface area (Å²) in [5.74, 6) is 6.34. The summed E-state index contributed by atoms with van der Waals surface area (Å²) in [6.45, 7) is 2.25. The molecule has 101 valence electrons. The second-order valence-electron chi connectivity index (χ2n) is 4.71. The second-order valence-corrected chi connectivity index (χ2v) is 5.63. The molecule has 0 heterocycles. The standard InChI is InChI=1S/C18H23Se/c1-2-3-4-5-6-7-8-9-10-11-14-17-15-12-13-16-18(17)19/h11-16H,2-8H2,1H3/b14-11-. The van der Waals surface area contributed by atoms with E-state index in [0.29, 0.717) is 0 Å². The first-order valence-electron chi connectivity index (χ1n) is 7.25. The van der Waals surface area contributed by atoms with Crippen LogP contribution in [0, 0.1) is 11.8 Å². The predicted octanol–water partition coefficient (Wildman–Crippen LogP) is 4.25. The fourth-order valence-electron chi connectivity index (χ4n) is 1.87. The van der Waals surface area contributed by atoms with Gasteiger partial charge in [0.2, 0.25) is 0 Å². The molecule has 19 heavy (non-hydrogen) atoms. The van der Waals surface area contributed by atoms with Crippen molar-refractivity contribution in [2.45, 2.75) is 51.9 Å². The van der Waals surface area contributed by atoms with Crippen LogP contribution in [0.5, 0.6) is 0 Å². The Labute approximate surface area is 126 Å². The van der Waals surface area contributed by atoms with E-state index in [1.165, 1.54) is 48.6 Å². The van der Waals surface area contributed by atoms with Crippen molar-refractivity contribution in [2.75, 3.05) is 0 Å². The summed E-state index contributed by atoms with van der Waals surface area (Å²) in [5.41, 5.74) is 1.20. The maximum absolute atomic E-state index is 3.22. The van der Waals surface area contributed by atoms with Crippen molar-refractivity contribution in [2.24, 2.45) is 0 Å². The average molecular weight is 318 g/mol. The predicted molar refractivity (Wildman–Crippen MR) is 86.6 cm³/mol. The molecule has 1 aromatic carbocycles. The second kappa shape index (κ2) is 10.9. The van der Waals surface area contributed by atoms with E-state index in [9.17, 15) is 0 Å². The van der Waals surface area contributed by atoms with E-state index in [0.717, 1.165) is 6.42 Å². The topological polar surface area (TPSA) is 0 Å². The minimum atomic E-state index is 1.02. The van der Waals surface area contributed by atoms with Crippen LogP contribution >= 0.6 is 0 Å². The molecule has 1 rings (SSSR count). The van der Waals surface area contributed by atoms with Crippen molar-refractivity contribution in [3.8, 4) is 11.8 Å². The summed E-state index contributed by atoms with van der Waals surface area (Å²) in [5, 5.41) is 0. The summed E-state index contributed by atoms with van der Waals surface area (Å²) in [4.78, 5) is 0. The number of benzene rings is 1. The van der Waals surface area contributed by atoms with Crippen LogP contribution in [0.1, 0.15) is 57.4 Å². The Kier molecular flexibility index (Phi) is 9.25. The molecule has 0 aliphatic heterocycles. The summed E-state index contributed by atoms with van der Waals surface area (Å²) in [7, 11) is 0. The molecule has 0 aliphatic carbocycles. The van der Waals surface area contributed by atoms with Crippen LogP contribution in [0.3, 0.4) is 0 Å². The monoisotopic (exact) mass is 319 g/mol. The number of hydrogen-bond acceptors (Lipinski definition) is 0. The Morgan fingerprint density at radius 1 is 1.05 bits per heavy atom. The minimum absolute atomic E-state index is 1.02. The van der Waals surface area contributed by atoms with Crippen molar-refractivity contribution in [3.05, 3.63) is 35.9 Å². The van der Waals surface area contributed by atoms with Crippen LogP contribution in [0.15, 0.2) is 30.3 Å². The third-order valence-electron chi connectivity index (χ3n) is 3.02. The zero-order chi connectivity index (χ0) is 13.8. The third-order valence-corrected chi connectivity index (χ3v) is 3.80. The van der Waals surface area contributed by atoms with Crippen LogP contribution in [0.4, 0.5) is 0 Å². The van der Waals surface area contributed by atoms with E-state index in [1.54, 1.807) is 0 Å². The molecule has 0 N–H and O–H groups in total. The molecule has 0 fully saturated rings. The molecule has 0 aliphatic rings. The zero-order valence-electron chi connectivity index (χ0n) is 11.8. The van der Waals surface area contributed by atoms with Gasteiger partial charge in [-0.1, -0.05) is 13.3 Å². The van der Waals surface area contributed by atoms with Crippen LogP contribution in [-0.4, -0.2) is 16.0 Å². The van der Waals surface area contributed by atoms with Crippen molar-refractivity contribution in [1.29, 1.82) is 0 Å². The first-order valence-corrected chi connectivity index (χ1v) is 8.11. The Balaban J connectivity index is 2.16. The van der Waals surface area contributed by atoms with Gasteiger partial charge in [0, 0.05) is 0 Å². The Morgan fingerprint density at radius 2 is 1.79 bits per heavy atom. The van der Waals surface area contributed by atoms with Gasteiger partial charge in [-0.25, -0.2) is 0 Å². The van der Waals surface area contributed by atoms with Crippen LogP contribution in [0.2, 0.25) is 0 Å². The van der Waals surface area contributed by atoms with Gasteiger partial charge in [0.15, 0.2) is 0 Å². The van der Waals surface area contributed by atoms with Gasteiger partial charge in [-0.2, -0.15) is 0 Å². The summed E-state index contributed by atoms with van der Waals surface area (Å²) in [6.07, 6.45) is 13.1. The molecule has 0 aromatic heterocycles. The Bertz CT molecular complexity index is 434. The number of hydrogen-bond donors (Lipinski definition) is 0. The fraction of sp³-hybridized carbons (Fsp3) is 0.444. The molecular weight excluding hydrogens is 295 g/mol. The molecule has 0 bridgehead atoms. The first kappa shape index (κ1) is 16.1. The molecule has 1 heteroatoms. The molecule has 0 atom stereocenters. The van der Waals surface area contributed by atoms with Gasteiger partial charge in [-0.15, -0.1) is 0 Å². The van der Waals surface area contributed by atoms with Gasteiger partial charge in [-0.3, -0.25) is 0 Å². The molecule has 0 saturated heterocycles. The normalized spacial score (nSPS) is 10.4. The number of rotatable bonds is 7. The zero-order valence-corrected chi connectivity index (χ0v) is 13.5. The van der Waals surface area contributed by atoms with Crippen molar-refractivity contribution in [1.82, 2.24) is 0 Å². The third kappa shape index (κ3) is 7.93. The van der Waals surface area contributed by atoms with Crippen molar-refractivity contribution < 1.29 is 0 Å². The number of unbranched alkanes of at least 4 members (excludes halogenated alkanes) is 6.